The molecule has 0 aliphatic carbocycles. The first-order valence-corrected chi connectivity index (χ1v) is 12.4. The van der Waals surface area contributed by atoms with Crippen molar-refractivity contribution in [1.29, 1.82) is 0 Å². The summed E-state index contributed by atoms with van der Waals surface area (Å²) in [6.07, 6.45) is 1.77. The number of nitrogens with zero attached hydrogens (tertiary/aromatic N) is 2. The number of ether oxygens (including phenoxy) is 1. The summed E-state index contributed by atoms with van der Waals surface area (Å²) in [6.45, 7) is 8.57. The average molecular weight is 479 g/mol. The minimum absolute atomic E-state index is 0.0480. The van der Waals surface area contributed by atoms with Crippen LogP contribution in [0.2, 0.25) is 0 Å². The van der Waals surface area contributed by atoms with Crippen LogP contribution in [0.5, 0.6) is 0 Å². The Morgan fingerprint density at radius 2 is 1.63 bits per heavy atom. The highest BCUT2D eigenvalue weighted by atomic mass is 32.2. The number of carbonyl (C=O) groups excluding carboxylic acids is 1. The summed E-state index contributed by atoms with van der Waals surface area (Å²) in [5, 5.41) is 1.81. The van der Waals surface area contributed by atoms with Gasteiger partial charge in [-0.1, -0.05) is 80.6 Å². The predicted octanol–water partition coefficient (Wildman–Crippen LogP) is 7.34. The van der Waals surface area contributed by atoms with Crippen molar-refractivity contribution in [2.45, 2.75) is 43.0 Å². The van der Waals surface area contributed by atoms with Crippen LogP contribution in [0.15, 0.2) is 99.5 Å². The third-order valence-electron chi connectivity index (χ3n) is 5.86. The van der Waals surface area contributed by atoms with Gasteiger partial charge in [-0.3, -0.25) is 0 Å². The molecule has 0 atom stereocenters. The van der Waals surface area contributed by atoms with Crippen LogP contribution in [0.25, 0.3) is 17.0 Å². The Morgan fingerprint density at radius 1 is 0.914 bits per heavy atom. The number of benzene rings is 3. The second-order valence-corrected chi connectivity index (χ2v) is 10.7. The Kier molecular flexibility index (Phi) is 6.03. The van der Waals surface area contributed by atoms with E-state index in [1.807, 2.05) is 42.5 Å². The van der Waals surface area contributed by atoms with Crippen molar-refractivity contribution < 1.29 is 9.53 Å². The van der Waals surface area contributed by atoms with Crippen molar-refractivity contribution in [3.63, 3.8) is 0 Å². The molecule has 1 aromatic heterocycles. The zero-order valence-corrected chi connectivity index (χ0v) is 21.0. The summed E-state index contributed by atoms with van der Waals surface area (Å²) in [6, 6.07) is 26.3. The van der Waals surface area contributed by atoms with Crippen LogP contribution in [-0.2, 0) is 14.9 Å². The standard InChI is InChI=1S/C30H26N2O2S/c1-19-9-15-24(16-10-19)35-28-22(17-21-7-5-6-8-25(21)32-28)18-26-29(33)34-27(31-26)20-11-13-23(14-12-20)30(2,3)4/h5-18H,1-4H3. The molecule has 0 N–H and O–H groups in total. The van der Waals surface area contributed by atoms with Gasteiger partial charge in [-0.2, -0.15) is 0 Å². The molecular formula is C30H26N2O2S. The van der Waals surface area contributed by atoms with Gasteiger partial charge in [-0.15, -0.1) is 0 Å². The second-order valence-electron chi connectivity index (χ2n) is 9.65. The maximum atomic E-state index is 12.7. The molecule has 0 amide bonds. The molecule has 0 radical (unpaired) electrons. The molecule has 174 valence electrons. The monoisotopic (exact) mass is 478 g/mol. The number of esters is 1. The van der Waals surface area contributed by atoms with Gasteiger partial charge in [-0.25, -0.2) is 14.8 Å². The van der Waals surface area contributed by atoms with Gasteiger partial charge in [0.05, 0.1) is 5.52 Å². The molecule has 4 aromatic rings. The van der Waals surface area contributed by atoms with E-state index in [4.69, 9.17) is 9.72 Å². The molecule has 35 heavy (non-hydrogen) atoms. The van der Waals surface area contributed by atoms with Crippen LogP contribution in [0.1, 0.15) is 43.0 Å². The molecule has 5 rings (SSSR count). The number of para-hydroxylation sites is 1. The number of cyclic esters (lactones) is 1. The zero-order chi connectivity index (χ0) is 24.6. The van der Waals surface area contributed by atoms with Crippen molar-refractivity contribution >= 4 is 40.6 Å². The SMILES string of the molecule is Cc1ccc(Sc2nc3ccccc3cc2C=C2N=C(c3ccc(C(C)(C)C)cc3)OC2=O)cc1. The van der Waals surface area contributed by atoms with Crippen molar-refractivity contribution in [1.82, 2.24) is 4.98 Å². The number of hydrogen-bond acceptors (Lipinski definition) is 5. The van der Waals surface area contributed by atoms with Gasteiger partial charge in [0.2, 0.25) is 5.90 Å². The lowest BCUT2D eigenvalue weighted by Gasteiger charge is -2.18. The van der Waals surface area contributed by atoms with Crippen molar-refractivity contribution in [3.8, 4) is 0 Å². The Balaban J connectivity index is 1.53. The minimum Gasteiger partial charge on any atom is -0.402 e. The van der Waals surface area contributed by atoms with Crippen molar-refractivity contribution in [2.24, 2.45) is 4.99 Å². The molecule has 0 fully saturated rings. The topological polar surface area (TPSA) is 51.6 Å². The minimum atomic E-state index is -0.459. The quantitative estimate of drug-likeness (QED) is 0.227. The van der Waals surface area contributed by atoms with Gasteiger partial charge in [0, 0.05) is 21.4 Å². The number of aliphatic imine (C=N–C) groups is 1. The summed E-state index contributed by atoms with van der Waals surface area (Å²) in [4.78, 5) is 23.2. The molecule has 0 bridgehead atoms. The first kappa shape index (κ1) is 23.1. The Hall–Kier alpha value is -3.70. The van der Waals surface area contributed by atoms with E-state index >= 15 is 0 Å². The number of rotatable bonds is 4. The van der Waals surface area contributed by atoms with Crippen LogP contribution in [0, 0.1) is 6.92 Å². The molecule has 0 unspecified atom stereocenters. The van der Waals surface area contributed by atoms with Crippen molar-refractivity contribution in [3.05, 3.63) is 107 Å². The van der Waals surface area contributed by atoms with E-state index in [1.54, 1.807) is 17.8 Å². The normalized spacial score (nSPS) is 14.9. The average Bonchev–Trinajstić information content (AvgIpc) is 3.20. The number of hydrogen-bond donors (Lipinski definition) is 0. The van der Waals surface area contributed by atoms with E-state index in [0.29, 0.717) is 5.90 Å². The fourth-order valence-corrected chi connectivity index (χ4v) is 4.69. The zero-order valence-electron chi connectivity index (χ0n) is 20.2. The number of pyridine rings is 1. The maximum absolute atomic E-state index is 12.7. The molecule has 3 aromatic carbocycles. The summed E-state index contributed by atoms with van der Waals surface area (Å²) >= 11 is 1.57. The molecular weight excluding hydrogens is 452 g/mol. The van der Waals surface area contributed by atoms with Crippen LogP contribution >= 0.6 is 11.8 Å². The lowest BCUT2D eigenvalue weighted by atomic mass is 9.87. The third kappa shape index (κ3) is 5.05. The van der Waals surface area contributed by atoms with Crippen LogP contribution < -0.4 is 0 Å². The summed E-state index contributed by atoms with van der Waals surface area (Å²) in [5.74, 6) is -0.137. The summed E-state index contributed by atoms with van der Waals surface area (Å²) in [5.41, 5.74) is 5.24. The van der Waals surface area contributed by atoms with E-state index < -0.39 is 5.97 Å². The molecule has 0 saturated carbocycles. The lowest BCUT2D eigenvalue weighted by Crippen LogP contribution is -2.11. The molecule has 5 heteroatoms. The van der Waals surface area contributed by atoms with Crippen LogP contribution in [-0.4, -0.2) is 16.9 Å². The molecule has 4 nitrogen and oxygen atoms in total. The lowest BCUT2D eigenvalue weighted by molar-refractivity contribution is -0.129. The Morgan fingerprint density at radius 3 is 2.34 bits per heavy atom. The molecule has 0 spiro atoms. The number of aryl methyl sites for hydroxylation is 1. The van der Waals surface area contributed by atoms with Crippen molar-refractivity contribution in [2.75, 3.05) is 0 Å². The maximum Gasteiger partial charge on any atom is 0.363 e. The van der Waals surface area contributed by atoms with Crippen LogP contribution in [0.4, 0.5) is 0 Å². The van der Waals surface area contributed by atoms with E-state index in [1.165, 1.54) is 11.1 Å². The van der Waals surface area contributed by atoms with E-state index in [0.717, 1.165) is 32.0 Å². The highest BCUT2D eigenvalue weighted by Crippen LogP contribution is 2.33. The smallest absolute Gasteiger partial charge is 0.363 e. The van der Waals surface area contributed by atoms with E-state index in [9.17, 15) is 4.79 Å². The van der Waals surface area contributed by atoms with Gasteiger partial charge >= 0.3 is 5.97 Å². The fraction of sp³-hybridized carbons (Fsp3) is 0.167. The number of aromatic nitrogens is 1. The molecule has 1 aliphatic heterocycles. The van der Waals surface area contributed by atoms with E-state index in [-0.39, 0.29) is 11.1 Å². The highest BCUT2D eigenvalue weighted by molar-refractivity contribution is 7.99. The van der Waals surface area contributed by atoms with Gasteiger partial charge in [0.1, 0.15) is 5.03 Å². The molecule has 2 heterocycles. The van der Waals surface area contributed by atoms with Gasteiger partial charge < -0.3 is 4.74 Å². The Labute approximate surface area is 209 Å². The van der Waals surface area contributed by atoms with E-state index in [2.05, 4.69) is 69.1 Å². The first-order valence-electron chi connectivity index (χ1n) is 11.5. The highest BCUT2D eigenvalue weighted by Gasteiger charge is 2.25. The number of carbonyl (C=O) groups is 1. The van der Waals surface area contributed by atoms with Gasteiger partial charge in [0.15, 0.2) is 5.70 Å². The second kappa shape index (κ2) is 9.16. The predicted molar refractivity (Wildman–Crippen MR) is 143 cm³/mol. The first-order chi connectivity index (χ1) is 16.8. The third-order valence-corrected chi connectivity index (χ3v) is 6.89. The fourth-order valence-electron chi connectivity index (χ4n) is 3.81. The number of fused-ring (bicyclic) bond motifs is 1. The van der Waals surface area contributed by atoms with Crippen LogP contribution in [0.3, 0.4) is 0 Å². The molecule has 1 aliphatic rings. The molecule has 0 saturated heterocycles. The largest absolute Gasteiger partial charge is 0.402 e. The van der Waals surface area contributed by atoms with Gasteiger partial charge in [-0.05, 0) is 60.4 Å². The van der Waals surface area contributed by atoms with Gasteiger partial charge in [0.25, 0.3) is 0 Å². The summed E-state index contributed by atoms with van der Waals surface area (Å²) in [7, 11) is 0. The Bertz CT molecular complexity index is 1480. The summed E-state index contributed by atoms with van der Waals surface area (Å²) < 4.78 is 5.53.